The molecule has 1 amide bonds. The van der Waals surface area contributed by atoms with Crippen LogP contribution in [-0.4, -0.2) is 74.7 Å². The number of piperidine rings is 1. The van der Waals surface area contributed by atoms with Gasteiger partial charge in [0.25, 0.3) is 0 Å². The van der Waals surface area contributed by atoms with Crippen molar-refractivity contribution in [3.8, 4) is 0 Å². The minimum Gasteiger partial charge on any atom is -0.379 e. The summed E-state index contributed by atoms with van der Waals surface area (Å²) in [7, 11) is 0. The zero-order chi connectivity index (χ0) is 13.5. The quantitative estimate of drug-likeness (QED) is 0.772. The second-order valence-corrected chi connectivity index (χ2v) is 5.79. The summed E-state index contributed by atoms with van der Waals surface area (Å²) in [6.45, 7) is 10.3. The lowest BCUT2D eigenvalue weighted by atomic mass is 10.0. The number of carbonyl (C=O) groups is 1. The van der Waals surface area contributed by atoms with Gasteiger partial charge in [0, 0.05) is 32.7 Å². The molecule has 2 saturated heterocycles. The molecule has 110 valence electrons. The summed E-state index contributed by atoms with van der Waals surface area (Å²) in [5.74, 6) is 0.900. The number of nitrogens with zero attached hydrogens (tertiary/aromatic N) is 2. The summed E-state index contributed by atoms with van der Waals surface area (Å²) in [6, 6.07) is 0. The van der Waals surface area contributed by atoms with Crippen LogP contribution in [0.3, 0.4) is 0 Å². The van der Waals surface area contributed by atoms with Gasteiger partial charge >= 0.3 is 0 Å². The lowest BCUT2D eigenvalue weighted by molar-refractivity contribution is -0.122. The third-order valence-electron chi connectivity index (χ3n) is 3.96. The number of amides is 1. The van der Waals surface area contributed by atoms with E-state index >= 15 is 0 Å². The highest BCUT2D eigenvalue weighted by molar-refractivity contribution is 5.78. The molecule has 0 bridgehead atoms. The molecule has 5 nitrogen and oxygen atoms in total. The van der Waals surface area contributed by atoms with Crippen LogP contribution in [0.1, 0.15) is 19.8 Å². The largest absolute Gasteiger partial charge is 0.379 e. The van der Waals surface area contributed by atoms with E-state index in [4.69, 9.17) is 4.74 Å². The average Bonchev–Trinajstić information content (AvgIpc) is 2.40. The van der Waals surface area contributed by atoms with Crippen LogP contribution >= 0.6 is 0 Å². The van der Waals surface area contributed by atoms with Crippen molar-refractivity contribution in [3.63, 3.8) is 0 Å². The van der Waals surface area contributed by atoms with Crippen molar-refractivity contribution in [2.24, 2.45) is 5.92 Å². The molecule has 19 heavy (non-hydrogen) atoms. The predicted octanol–water partition coefficient (Wildman–Crippen LogP) is 0.167. The Labute approximate surface area is 116 Å². The first kappa shape index (κ1) is 14.8. The topological polar surface area (TPSA) is 44.8 Å². The lowest BCUT2D eigenvalue weighted by Crippen LogP contribution is -2.45. The Kier molecular flexibility index (Phi) is 6.07. The standard InChI is InChI=1S/C14H27N3O2/c1-13-3-2-5-17(11-13)12-14(18)15-4-6-16-7-9-19-10-8-16/h13H,2-12H2,1H3,(H,15,18). The minimum atomic E-state index is 0.169. The summed E-state index contributed by atoms with van der Waals surface area (Å²) in [5.41, 5.74) is 0. The molecule has 0 radical (unpaired) electrons. The fourth-order valence-corrected chi connectivity index (χ4v) is 2.87. The average molecular weight is 269 g/mol. The Morgan fingerprint density at radius 1 is 1.26 bits per heavy atom. The molecule has 1 atom stereocenters. The van der Waals surface area contributed by atoms with Gasteiger partial charge in [-0.1, -0.05) is 6.92 Å². The van der Waals surface area contributed by atoms with Crippen LogP contribution in [0.4, 0.5) is 0 Å². The van der Waals surface area contributed by atoms with Gasteiger partial charge in [0.05, 0.1) is 19.8 Å². The summed E-state index contributed by atoms with van der Waals surface area (Å²) < 4.78 is 5.30. The van der Waals surface area contributed by atoms with Crippen molar-refractivity contribution in [1.29, 1.82) is 0 Å². The summed E-state index contributed by atoms with van der Waals surface area (Å²) in [5, 5.41) is 3.03. The van der Waals surface area contributed by atoms with Gasteiger partial charge in [0.15, 0.2) is 0 Å². The van der Waals surface area contributed by atoms with Gasteiger partial charge in [-0.05, 0) is 25.3 Å². The first-order valence-corrected chi connectivity index (χ1v) is 7.53. The van der Waals surface area contributed by atoms with E-state index in [-0.39, 0.29) is 5.91 Å². The monoisotopic (exact) mass is 269 g/mol. The molecule has 2 rings (SSSR count). The number of carbonyl (C=O) groups excluding carboxylic acids is 1. The fraction of sp³-hybridized carbons (Fsp3) is 0.929. The van der Waals surface area contributed by atoms with Crippen LogP contribution in [0.25, 0.3) is 0 Å². The third kappa shape index (κ3) is 5.47. The van der Waals surface area contributed by atoms with Crippen molar-refractivity contribution in [2.75, 3.05) is 59.0 Å². The van der Waals surface area contributed by atoms with E-state index < -0.39 is 0 Å². The Hall–Kier alpha value is -0.650. The molecular formula is C14H27N3O2. The molecule has 2 aliphatic rings. The number of hydrogen-bond donors (Lipinski definition) is 1. The minimum absolute atomic E-state index is 0.169. The normalized spacial score (nSPS) is 26.3. The molecule has 0 saturated carbocycles. The van der Waals surface area contributed by atoms with Gasteiger partial charge in [-0.15, -0.1) is 0 Å². The van der Waals surface area contributed by atoms with E-state index in [1.54, 1.807) is 0 Å². The fourth-order valence-electron chi connectivity index (χ4n) is 2.87. The molecule has 0 aromatic heterocycles. The maximum absolute atomic E-state index is 11.9. The Balaban J connectivity index is 1.56. The SMILES string of the molecule is CC1CCCN(CC(=O)NCCN2CCOCC2)C1. The molecule has 1 unspecified atom stereocenters. The van der Waals surface area contributed by atoms with Crippen molar-refractivity contribution >= 4 is 5.91 Å². The number of hydrogen-bond acceptors (Lipinski definition) is 4. The van der Waals surface area contributed by atoms with E-state index in [0.717, 1.165) is 58.4 Å². The van der Waals surface area contributed by atoms with Crippen molar-refractivity contribution in [3.05, 3.63) is 0 Å². The maximum atomic E-state index is 11.9. The lowest BCUT2D eigenvalue weighted by Gasteiger charge is -2.30. The number of ether oxygens (including phenoxy) is 1. The summed E-state index contributed by atoms with van der Waals surface area (Å²) in [4.78, 5) is 16.5. The second kappa shape index (κ2) is 7.82. The van der Waals surface area contributed by atoms with E-state index in [0.29, 0.717) is 6.54 Å². The predicted molar refractivity (Wildman–Crippen MR) is 75.1 cm³/mol. The highest BCUT2D eigenvalue weighted by atomic mass is 16.5. The van der Waals surface area contributed by atoms with E-state index in [1.165, 1.54) is 12.8 Å². The van der Waals surface area contributed by atoms with Gasteiger partial charge in [-0.2, -0.15) is 0 Å². The molecule has 5 heteroatoms. The number of morpholine rings is 1. The molecule has 0 spiro atoms. The van der Waals surface area contributed by atoms with Gasteiger partial charge in [-0.25, -0.2) is 0 Å². The smallest absolute Gasteiger partial charge is 0.234 e. The number of likely N-dealkylation sites (tertiary alicyclic amines) is 1. The second-order valence-electron chi connectivity index (χ2n) is 5.79. The Morgan fingerprint density at radius 3 is 2.79 bits per heavy atom. The van der Waals surface area contributed by atoms with Gasteiger partial charge in [0.2, 0.25) is 5.91 Å². The Morgan fingerprint density at radius 2 is 2.05 bits per heavy atom. The van der Waals surface area contributed by atoms with Crippen molar-refractivity contribution in [2.45, 2.75) is 19.8 Å². The zero-order valence-corrected chi connectivity index (χ0v) is 12.1. The van der Waals surface area contributed by atoms with E-state index in [2.05, 4.69) is 22.0 Å². The highest BCUT2D eigenvalue weighted by Gasteiger charge is 2.18. The maximum Gasteiger partial charge on any atom is 0.234 e. The molecule has 2 aliphatic heterocycles. The number of nitrogens with one attached hydrogen (secondary N) is 1. The van der Waals surface area contributed by atoms with Gasteiger partial charge in [-0.3, -0.25) is 14.6 Å². The number of rotatable bonds is 5. The third-order valence-corrected chi connectivity index (χ3v) is 3.96. The molecule has 1 N–H and O–H groups in total. The Bertz CT molecular complexity index is 280. The molecule has 0 aromatic rings. The molecule has 2 heterocycles. The highest BCUT2D eigenvalue weighted by Crippen LogP contribution is 2.14. The van der Waals surface area contributed by atoms with Crippen molar-refractivity contribution in [1.82, 2.24) is 15.1 Å². The first-order valence-electron chi connectivity index (χ1n) is 7.53. The molecule has 0 aromatic carbocycles. The van der Waals surface area contributed by atoms with Crippen LogP contribution in [0.5, 0.6) is 0 Å². The van der Waals surface area contributed by atoms with Crippen LogP contribution < -0.4 is 5.32 Å². The van der Waals surface area contributed by atoms with Crippen LogP contribution in [0.2, 0.25) is 0 Å². The zero-order valence-electron chi connectivity index (χ0n) is 12.1. The van der Waals surface area contributed by atoms with Crippen LogP contribution in [0, 0.1) is 5.92 Å². The molecular weight excluding hydrogens is 242 g/mol. The van der Waals surface area contributed by atoms with Gasteiger partial charge < -0.3 is 10.1 Å². The molecule has 0 aliphatic carbocycles. The van der Waals surface area contributed by atoms with Crippen LogP contribution in [0.15, 0.2) is 0 Å². The van der Waals surface area contributed by atoms with Crippen molar-refractivity contribution < 1.29 is 9.53 Å². The first-order chi connectivity index (χ1) is 9.24. The van der Waals surface area contributed by atoms with Gasteiger partial charge in [0.1, 0.15) is 0 Å². The van der Waals surface area contributed by atoms with E-state index in [1.807, 2.05) is 0 Å². The summed E-state index contributed by atoms with van der Waals surface area (Å²) >= 11 is 0. The summed E-state index contributed by atoms with van der Waals surface area (Å²) in [6.07, 6.45) is 2.53. The molecule has 2 fully saturated rings. The van der Waals surface area contributed by atoms with E-state index in [9.17, 15) is 4.79 Å². The van der Waals surface area contributed by atoms with Crippen LogP contribution in [-0.2, 0) is 9.53 Å².